The predicted molar refractivity (Wildman–Crippen MR) is 79.4 cm³/mol. The zero-order valence-electron chi connectivity index (χ0n) is 11.2. The van der Waals surface area contributed by atoms with Gasteiger partial charge in [0.2, 0.25) is 4.96 Å². The van der Waals surface area contributed by atoms with Gasteiger partial charge in [-0.1, -0.05) is 36.5 Å². The van der Waals surface area contributed by atoms with E-state index in [0.29, 0.717) is 5.92 Å². The van der Waals surface area contributed by atoms with Gasteiger partial charge in [0.15, 0.2) is 5.82 Å². The van der Waals surface area contributed by atoms with E-state index in [9.17, 15) is 0 Å². The van der Waals surface area contributed by atoms with E-state index in [-0.39, 0.29) is 0 Å². The molecule has 0 aliphatic carbocycles. The number of nitrogens with zero attached hydrogens (tertiary/aromatic N) is 4. The van der Waals surface area contributed by atoms with E-state index < -0.39 is 0 Å². The quantitative estimate of drug-likeness (QED) is 0.803. The van der Waals surface area contributed by atoms with Crippen molar-refractivity contribution >= 4 is 22.0 Å². The molecule has 2 aromatic heterocycles. The Morgan fingerprint density at radius 1 is 1.35 bits per heavy atom. The lowest BCUT2D eigenvalue weighted by Crippen LogP contribution is -2.06. The molecule has 0 saturated carbocycles. The molecule has 3 aromatic rings. The maximum Gasteiger partial charge on any atom is 0.234 e. The van der Waals surface area contributed by atoms with Gasteiger partial charge < -0.3 is 5.32 Å². The molecule has 0 spiro atoms. The monoisotopic (exact) mass is 285 g/mol. The molecule has 1 atom stereocenters. The number of anilines is 1. The second kappa shape index (κ2) is 4.56. The summed E-state index contributed by atoms with van der Waals surface area (Å²) in [6.07, 6.45) is 1.82. The van der Waals surface area contributed by atoms with Crippen LogP contribution in [0.25, 0.3) is 4.96 Å². The number of aromatic nitrogens is 4. The molecule has 1 N–H and O–H groups in total. The van der Waals surface area contributed by atoms with Gasteiger partial charge in [0.1, 0.15) is 5.01 Å². The Morgan fingerprint density at radius 3 is 3.15 bits per heavy atom. The van der Waals surface area contributed by atoms with Crippen LogP contribution in [-0.4, -0.2) is 26.4 Å². The molecule has 6 heteroatoms. The highest BCUT2D eigenvalue weighted by molar-refractivity contribution is 7.16. The largest absolute Gasteiger partial charge is 0.384 e. The van der Waals surface area contributed by atoms with E-state index in [1.165, 1.54) is 11.3 Å². The summed E-state index contributed by atoms with van der Waals surface area (Å²) in [5.41, 5.74) is 2.66. The van der Waals surface area contributed by atoms with E-state index in [0.717, 1.165) is 35.2 Å². The first-order valence-electron chi connectivity index (χ1n) is 6.88. The van der Waals surface area contributed by atoms with E-state index in [2.05, 4.69) is 51.8 Å². The Labute approximate surface area is 120 Å². The molecule has 1 aromatic carbocycles. The van der Waals surface area contributed by atoms with Crippen LogP contribution in [0.2, 0.25) is 0 Å². The molecule has 0 fully saturated rings. The van der Waals surface area contributed by atoms with Crippen molar-refractivity contribution in [2.75, 3.05) is 11.9 Å². The molecule has 1 aliphatic heterocycles. The Balaban J connectivity index is 1.64. The van der Waals surface area contributed by atoms with Crippen molar-refractivity contribution in [3.05, 3.63) is 40.7 Å². The molecule has 3 heterocycles. The lowest BCUT2D eigenvalue weighted by atomic mass is 9.98. The zero-order valence-corrected chi connectivity index (χ0v) is 12.0. The summed E-state index contributed by atoms with van der Waals surface area (Å²) in [7, 11) is 0. The highest BCUT2D eigenvalue weighted by atomic mass is 32.1. The number of hydrogen-bond acceptors (Lipinski definition) is 5. The minimum atomic E-state index is 0.500. The summed E-state index contributed by atoms with van der Waals surface area (Å²) in [6.45, 7) is 3.06. The fourth-order valence-corrected chi connectivity index (χ4v) is 3.68. The summed E-state index contributed by atoms with van der Waals surface area (Å²) < 4.78 is 1.88. The number of hydrogen-bond donors (Lipinski definition) is 1. The minimum Gasteiger partial charge on any atom is -0.384 e. The molecule has 0 radical (unpaired) electrons. The number of aryl methyl sites for hydroxylation is 1. The maximum absolute atomic E-state index is 4.66. The minimum absolute atomic E-state index is 0.500. The van der Waals surface area contributed by atoms with Gasteiger partial charge in [-0.2, -0.15) is 9.61 Å². The standard InChI is InChI=1S/C14H15N5S/c1-2-12-16-17-14-19(12)18-13(20-14)7-9-8-15-11-6-4-3-5-10(9)11/h3-6,9,15H,2,7-8H2,1H3. The Kier molecular flexibility index (Phi) is 2.70. The van der Waals surface area contributed by atoms with Gasteiger partial charge in [0, 0.05) is 31.0 Å². The average molecular weight is 285 g/mol. The third-order valence-electron chi connectivity index (χ3n) is 3.77. The number of rotatable bonds is 3. The van der Waals surface area contributed by atoms with Gasteiger partial charge in [-0.15, -0.1) is 10.2 Å². The molecule has 0 amide bonds. The lowest BCUT2D eigenvalue weighted by Gasteiger charge is -2.06. The SMILES string of the molecule is CCc1nnc2sc(CC3CNc4ccccc43)nn12. The normalized spacial score (nSPS) is 17.4. The number of para-hydroxylation sites is 1. The molecule has 5 nitrogen and oxygen atoms in total. The first-order valence-corrected chi connectivity index (χ1v) is 7.69. The molecule has 4 rings (SSSR count). The van der Waals surface area contributed by atoms with Gasteiger partial charge >= 0.3 is 0 Å². The molecular formula is C14H15N5S. The fraction of sp³-hybridized carbons (Fsp3) is 0.357. The van der Waals surface area contributed by atoms with Gasteiger partial charge in [-0.25, -0.2) is 0 Å². The third-order valence-corrected chi connectivity index (χ3v) is 4.70. The van der Waals surface area contributed by atoms with Gasteiger partial charge in [0.25, 0.3) is 0 Å². The fourth-order valence-electron chi connectivity index (χ4n) is 2.75. The summed E-state index contributed by atoms with van der Waals surface area (Å²) in [6, 6.07) is 8.53. The van der Waals surface area contributed by atoms with E-state index >= 15 is 0 Å². The van der Waals surface area contributed by atoms with Crippen LogP contribution in [0.1, 0.15) is 29.2 Å². The van der Waals surface area contributed by atoms with Crippen LogP contribution < -0.4 is 5.32 Å². The maximum atomic E-state index is 4.66. The molecule has 102 valence electrons. The van der Waals surface area contributed by atoms with Crippen molar-refractivity contribution in [2.45, 2.75) is 25.7 Å². The summed E-state index contributed by atoms with van der Waals surface area (Å²) in [5, 5.41) is 17.6. The molecule has 1 aliphatic rings. The van der Waals surface area contributed by atoms with Crippen LogP contribution in [0.15, 0.2) is 24.3 Å². The van der Waals surface area contributed by atoms with Crippen LogP contribution in [0.4, 0.5) is 5.69 Å². The van der Waals surface area contributed by atoms with Crippen molar-refractivity contribution in [3.63, 3.8) is 0 Å². The van der Waals surface area contributed by atoms with Crippen molar-refractivity contribution in [1.82, 2.24) is 19.8 Å². The Morgan fingerprint density at radius 2 is 2.25 bits per heavy atom. The van der Waals surface area contributed by atoms with Crippen LogP contribution in [0.5, 0.6) is 0 Å². The van der Waals surface area contributed by atoms with Crippen molar-refractivity contribution in [2.24, 2.45) is 0 Å². The van der Waals surface area contributed by atoms with Gasteiger partial charge in [-0.05, 0) is 11.6 Å². The second-order valence-electron chi connectivity index (χ2n) is 5.03. The summed E-state index contributed by atoms with van der Waals surface area (Å²) >= 11 is 1.65. The summed E-state index contributed by atoms with van der Waals surface area (Å²) in [4.78, 5) is 0.899. The molecule has 1 unspecified atom stereocenters. The number of fused-ring (bicyclic) bond motifs is 2. The first kappa shape index (κ1) is 11.8. The molecule has 0 bridgehead atoms. The highest BCUT2D eigenvalue weighted by Gasteiger charge is 2.23. The zero-order chi connectivity index (χ0) is 13.5. The van der Waals surface area contributed by atoms with Crippen LogP contribution >= 0.6 is 11.3 Å². The highest BCUT2D eigenvalue weighted by Crippen LogP contribution is 2.34. The smallest absolute Gasteiger partial charge is 0.234 e. The topological polar surface area (TPSA) is 55.1 Å². The average Bonchev–Trinajstić information content (AvgIpc) is 3.14. The van der Waals surface area contributed by atoms with Gasteiger partial charge in [-0.3, -0.25) is 0 Å². The molecule has 0 saturated heterocycles. The number of nitrogens with one attached hydrogen (secondary N) is 1. The molecular weight excluding hydrogens is 270 g/mol. The van der Waals surface area contributed by atoms with Crippen molar-refractivity contribution in [3.8, 4) is 0 Å². The Hall–Kier alpha value is -1.95. The van der Waals surface area contributed by atoms with Crippen molar-refractivity contribution in [1.29, 1.82) is 0 Å². The van der Waals surface area contributed by atoms with Crippen LogP contribution in [0.3, 0.4) is 0 Å². The van der Waals surface area contributed by atoms with E-state index in [4.69, 9.17) is 0 Å². The summed E-state index contributed by atoms with van der Waals surface area (Å²) in [5.74, 6) is 1.44. The van der Waals surface area contributed by atoms with Crippen LogP contribution in [0, 0.1) is 0 Å². The third kappa shape index (κ3) is 1.79. The number of benzene rings is 1. The lowest BCUT2D eigenvalue weighted by molar-refractivity contribution is 0.722. The first-order chi connectivity index (χ1) is 9.85. The van der Waals surface area contributed by atoms with Crippen molar-refractivity contribution < 1.29 is 0 Å². The van der Waals surface area contributed by atoms with E-state index in [1.807, 2.05) is 4.52 Å². The van der Waals surface area contributed by atoms with Crippen LogP contribution in [-0.2, 0) is 12.8 Å². The van der Waals surface area contributed by atoms with Gasteiger partial charge in [0.05, 0.1) is 0 Å². The van der Waals surface area contributed by atoms with E-state index in [1.54, 1.807) is 11.3 Å². The second-order valence-corrected chi connectivity index (χ2v) is 6.07. The Bertz CT molecular complexity index is 760. The molecule has 20 heavy (non-hydrogen) atoms. The predicted octanol–water partition coefficient (Wildman–Crippen LogP) is 2.50.